The molecule has 6 rings (SSSR count). The molecule has 0 saturated heterocycles. The maximum atomic E-state index is 13.7. The first-order valence-electron chi connectivity index (χ1n) is 12.8. The lowest BCUT2D eigenvalue weighted by Crippen LogP contribution is -2.25. The fourth-order valence-corrected chi connectivity index (χ4v) is 5.50. The molecule has 0 spiro atoms. The molecule has 0 aliphatic carbocycles. The Morgan fingerprint density at radius 3 is 2.40 bits per heavy atom. The van der Waals surface area contributed by atoms with E-state index in [1.54, 1.807) is 42.5 Å². The third kappa shape index (κ3) is 4.99. The summed E-state index contributed by atoms with van der Waals surface area (Å²) >= 11 is 0. The number of aromatic nitrogens is 2. The van der Waals surface area contributed by atoms with Crippen LogP contribution in [0.5, 0.6) is 0 Å². The van der Waals surface area contributed by atoms with E-state index in [0.717, 1.165) is 10.6 Å². The Morgan fingerprint density at radius 1 is 0.976 bits per heavy atom. The van der Waals surface area contributed by atoms with Crippen LogP contribution in [-0.4, -0.2) is 37.6 Å². The molecule has 0 fully saturated rings. The van der Waals surface area contributed by atoms with Crippen LogP contribution in [0, 0.1) is 11.6 Å². The third-order valence-corrected chi connectivity index (χ3v) is 8.32. The lowest BCUT2D eigenvalue weighted by atomic mass is 9.97. The maximum absolute atomic E-state index is 13.7. The number of nitrogens with two attached hydrogens (primary N) is 1. The minimum absolute atomic E-state index is 0.152. The number of hydrogen-bond donors (Lipinski definition) is 2. The average molecular weight is 587 g/mol. The molecule has 1 amide bonds. The number of aromatic amines is 1. The lowest BCUT2D eigenvalue weighted by Gasteiger charge is -2.21. The summed E-state index contributed by atoms with van der Waals surface area (Å²) < 4.78 is 59.7. The minimum atomic E-state index is -3.70. The number of halogens is 2. The van der Waals surface area contributed by atoms with E-state index in [1.165, 1.54) is 31.3 Å². The van der Waals surface area contributed by atoms with Crippen LogP contribution < -0.4 is 10.0 Å². The highest BCUT2D eigenvalue weighted by molar-refractivity contribution is 7.92. The molecule has 3 N–H and O–H groups in total. The first kappa shape index (κ1) is 27.2. The van der Waals surface area contributed by atoms with E-state index in [1.807, 2.05) is 12.1 Å². The number of hydrogen-bond acceptors (Lipinski definition) is 5. The fraction of sp³-hybridized carbons (Fsp3) is 0.0968. The van der Waals surface area contributed by atoms with Crippen molar-refractivity contribution in [1.29, 1.82) is 0 Å². The van der Waals surface area contributed by atoms with Crippen molar-refractivity contribution in [2.45, 2.75) is 6.42 Å². The molecule has 0 aliphatic rings. The zero-order valence-corrected chi connectivity index (χ0v) is 23.3. The zero-order chi connectivity index (χ0) is 29.8. The summed E-state index contributed by atoms with van der Waals surface area (Å²) in [5.41, 5.74) is 10.2. The second kappa shape index (κ2) is 10.1. The minimum Gasteiger partial charge on any atom is -0.460 e. The summed E-state index contributed by atoms with van der Waals surface area (Å²) in [5, 5.41) is 0.407. The van der Waals surface area contributed by atoms with Crippen LogP contribution in [-0.2, 0) is 16.4 Å². The van der Waals surface area contributed by atoms with Gasteiger partial charge in [0.25, 0.3) is 5.91 Å². The number of sulfonamides is 1. The van der Waals surface area contributed by atoms with Gasteiger partial charge in [0.05, 0.1) is 28.5 Å². The normalized spacial score (nSPS) is 11.8. The van der Waals surface area contributed by atoms with Crippen molar-refractivity contribution in [3.05, 3.63) is 107 Å². The van der Waals surface area contributed by atoms with Crippen LogP contribution in [0.1, 0.15) is 21.7 Å². The number of amides is 1. The second-order valence-electron chi connectivity index (χ2n) is 9.99. The zero-order valence-electron chi connectivity index (χ0n) is 22.5. The number of carbonyl (C=O) groups excluding carboxylic acids is 1. The smallest absolute Gasteiger partial charge is 0.252 e. The molecule has 8 nitrogen and oxygen atoms in total. The molecule has 42 heavy (non-hydrogen) atoms. The van der Waals surface area contributed by atoms with Gasteiger partial charge >= 0.3 is 0 Å². The molecule has 0 radical (unpaired) electrons. The van der Waals surface area contributed by atoms with E-state index in [4.69, 9.17) is 10.2 Å². The van der Waals surface area contributed by atoms with Gasteiger partial charge in [-0.1, -0.05) is 30.3 Å². The predicted octanol–water partition coefficient (Wildman–Crippen LogP) is 6.01. The standard InChI is InChI=1S/C31H24F2N4O4S/c1-37(42(2,39)40)26-16-27-23(29(30(34)38)28(41-27)12-17-6-8-20(32)9-7-17)15-22(26)18-4-3-5-19(13-18)31-35-24-11-10-21(33)14-25(24)36-31/h3-11,13-16H,12H2,1-2H3,(H2,34,38)(H,35,36). The van der Waals surface area contributed by atoms with Gasteiger partial charge in [-0.3, -0.25) is 9.10 Å². The Bertz CT molecular complexity index is 2120. The van der Waals surface area contributed by atoms with Crippen molar-refractivity contribution in [2.24, 2.45) is 5.73 Å². The summed E-state index contributed by atoms with van der Waals surface area (Å²) in [6.45, 7) is 0. The number of anilines is 1. The second-order valence-corrected chi connectivity index (χ2v) is 12.0. The molecule has 0 atom stereocenters. The van der Waals surface area contributed by atoms with Crippen molar-refractivity contribution in [1.82, 2.24) is 9.97 Å². The maximum Gasteiger partial charge on any atom is 0.252 e. The number of benzene rings is 4. The topological polar surface area (TPSA) is 122 Å². The molecule has 0 bridgehead atoms. The predicted molar refractivity (Wildman–Crippen MR) is 158 cm³/mol. The summed E-state index contributed by atoms with van der Waals surface area (Å²) in [4.78, 5) is 20.4. The highest BCUT2D eigenvalue weighted by Gasteiger charge is 2.25. The van der Waals surface area contributed by atoms with Crippen LogP contribution in [0.25, 0.3) is 44.5 Å². The summed E-state index contributed by atoms with van der Waals surface area (Å²) in [6.07, 6.45) is 1.25. The lowest BCUT2D eigenvalue weighted by molar-refractivity contribution is 0.1000. The summed E-state index contributed by atoms with van der Waals surface area (Å²) in [6, 6.07) is 20.5. The molecule has 11 heteroatoms. The first-order valence-corrected chi connectivity index (χ1v) is 14.7. The van der Waals surface area contributed by atoms with Crippen molar-refractivity contribution in [3.8, 4) is 22.5 Å². The SMILES string of the molecule is CN(c1cc2oc(Cc3ccc(F)cc3)c(C(N)=O)c2cc1-c1cccc(-c2nc3ccc(F)cc3[nH]2)c1)S(C)(=O)=O. The van der Waals surface area contributed by atoms with Crippen molar-refractivity contribution < 1.29 is 26.4 Å². The largest absolute Gasteiger partial charge is 0.460 e. The Labute approximate surface area is 239 Å². The molecule has 0 saturated carbocycles. The molecule has 212 valence electrons. The highest BCUT2D eigenvalue weighted by atomic mass is 32.2. The summed E-state index contributed by atoms with van der Waals surface area (Å²) in [7, 11) is -2.27. The van der Waals surface area contributed by atoms with Gasteiger partial charge in [-0.15, -0.1) is 0 Å². The molecule has 6 aromatic rings. The van der Waals surface area contributed by atoms with Gasteiger partial charge in [0.2, 0.25) is 10.0 Å². The van der Waals surface area contributed by atoms with E-state index in [0.29, 0.717) is 50.2 Å². The summed E-state index contributed by atoms with van der Waals surface area (Å²) in [5.74, 6) is -0.730. The number of imidazole rings is 1. The number of carbonyl (C=O) groups is 1. The van der Waals surface area contributed by atoms with Gasteiger partial charge < -0.3 is 15.1 Å². The Balaban J connectivity index is 1.54. The first-order chi connectivity index (χ1) is 20.0. The number of primary amides is 1. The molecular formula is C31H24F2N4O4S. The quantitative estimate of drug-likeness (QED) is 0.237. The number of rotatable bonds is 7. The van der Waals surface area contributed by atoms with Crippen LogP contribution in [0.3, 0.4) is 0 Å². The Kier molecular flexibility index (Phi) is 6.53. The van der Waals surface area contributed by atoms with Gasteiger partial charge in [-0.05, 0) is 53.6 Å². The van der Waals surface area contributed by atoms with E-state index < -0.39 is 27.6 Å². The van der Waals surface area contributed by atoms with Gasteiger partial charge in [0, 0.05) is 36.0 Å². The Hall–Kier alpha value is -5.03. The van der Waals surface area contributed by atoms with Gasteiger partial charge in [0.1, 0.15) is 28.8 Å². The van der Waals surface area contributed by atoms with E-state index in [-0.39, 0.29) is 23.3 Å². The fourth-order valence-electron chi connectivity index (χ4n) is 4.99. The van der Waals surface area contributed by atoms with E-state index in [9.17, 15) is 22.0 Å². The van der Waals surface area contributed by atoms with Crippen molar-refractivity contribution in [2.75, 3.05) is 17.6 Å². The number of H-pyrrole nitrogens is 1. The number of furan rings is 1. The van der Waals surface area contributed by atoms with Gasteiger partial charge in [-0.2, -0.15) is 0 Å². The van der Waals surface area contributed by atoms with Gasteiger partial charge in [0.15, 0.2) is 0 Å². The molecule has 0 unspecified atom stereocenters. The van der Waals surface area contributed by atoms with Crippen LogP contribution in [0.2, 0.25) is 0 Å². The third-order valence-electron chi connectivity index (χ3n) is 7.13. The van der Waals surface area contributed by atoms with E-state index in [2.05, 4.69) is 9.97 Å². The number of nitrogens with one attached hydrogen (secondary N) is 1. The number of nitrogens with zero attached hydrogens (tertiary/aromatic N) is 2. The van der Waals surface area contributed by atoms with Crippen LogP contribution in [0.4, 0.5) is 14.5 Å². The molecule has 2 aromatic heterocycles. The van der Waals surface area contributed by atoms with Crippen molar-refractivity contribution >= 4 is 43.6 Å². The molecule has 0 aliphatic heterocycles. The highest BCUT2D eigenvalue weighted by Crippen LogP contribution is 2.40. The van der Waals surface area contributed by atoms with Crippen LogP contribution in [0.15, 0.2) is 83.3 Å². The monoisotopic (exact) mass is 586 g/mol. The molecule has 4 aromatic carbocycles. The average Bonchev–Trinajstić information content (AvgIpc) is 3.53. The molecular weight excluding hydrogens is 562 g/mol. The van der Waals surface area contributed by atoms with Gasteiger partial charge in [-0.25, -0.2) is 22.2 Å². The molecule has 2 heterocycles. The van der Waals surface area contributed by atoms with Crippen molar-refractivity contribution in [3.63, 3.8) is 0 Å². The van der Waals surface area contributed by atoms with E-state index >= 15 is 0 Å². The number of fused-ring (bicyclic) bond motifs is 2. The Morgan fingerprint density at radius 2 is 1.69 bits per heavy atom. The van der Waals surface area contributed by atoms with Crippen LogP contribution >= 0.6 is 0 Å².